The molecular weight excluding hydrogens is 378 g/mol. The van der Waals surface area contributed by atoms with Gasteiger partial charge in [-0.1, -0.05) is 13.8 Å². The zero-order valence-corrected chi connectivity index (χ0v) is 18.1. The smallest absolute Gasteiger partial charge is 0.251 e. The molecule has 0 bridgehead atoms. The number of hydrogen-bond donors (Lipinski definition) is 1. The Morgan fingerprint density at radius 2 is 1.86 bits per heavy atom. The molecule has 1 aromatic heterocycles. The first-order valence-corrected chi connectivity index (χ1v) is 10.0. The third-order valence-electron chi connectivity index (χ3n) is 5.59. The zero-order valence-electron chi connectivity index (χ0n) is 17.3. The minimum absolute atomic E-state index is 0. The normalized spacial score (nSPS) is 19.9. The number of hydrogen-bond acceptors (Lipinski definition) is 6. The summed E-state index contributed by atoms with van der Waals surface area (Å²) in [5, 5.41) is 3.14. The van der Waals surface area contributed by atoms with E-state index in [1.54, 1.807) is 12.3 Å². The Balaban J connectivity index is 0.00000280. The average molecular weight is 412 g/mol. The van der Waals surface area contributed by atoms with E-state index < -0.39 is 0 Å². The monoisotopic (exact) mass is 411 g/mol. The van der Waals surface area contributed by atoms with Crippen molar-refractivity contribution in [1.82, 2.24) is 20.1 Å². The molecular formula is C20H34ClN5O2. The van der Waals surface area contributed by atoms with Gasteiger partial charge in [-0.2, -0.15) is 0 Å². The van der Waals surface area contributed by atoms with Crippen molar-refractivity contribution in [3.05, 3.63) is 23.9 Å². The maximum absolute atomic E-state index is 12.7. The number of morpholine rings is 1. The van der Waals surface area contributed by atoms with Gasteiger partial charge in [-0.3, -0.25) is 9.69 Å². The van der Waals surface area contributed by atoms with Gasteiger partial charge in [0, 0.05) is 63.6 Å². The van der Waals surface area contributed by atoms with Crippen LogP contribution in [0.15, 0.2) is 18.3 Å². The summed E-state index contributed by atoms with van der Waals surface area (Å²) in [6.45, 7) is 12.4. The number of ether oxygens (including phenoxy) is 1. The number of rotatable bonds is 6. The Labute approximate surface area is 174 Å². The maximum atomic E-state index is 12.7. The number of pyridine rings is 1. The van der Waals surface area contributed by atoms with Crippen LogP contribution in [0.2, 0.25) is 0 Å². The Hall–Kier alpha value is -1.41. The van der Waals surface area contributed by atoms with Gasteiger partial charge < -0.3 is 19.9 Å². The van der Waals surface area contributed by atoms with Gasteiger partial charge in [0.1, 0.15) is 5.82 Å². The minimum Gasteiger partial charge on any atom is -0.379 e. The van der Waals surface area contributed by atoms with E-state index in [1.807, 2.05) is 6.07 Å². The fourth-order valence-corrected chi connectivity index (χ4v) is 3.76. The van der Waals surface area contributed by atoms with Crippen molar-refractivity contribution in [2.24, 2.45) is 5.92 Å². The highest BCUT2D eigenvalue weighted by Gasteiger charge is 2.24. The molecule has 3 rings (SSSR count). The van der Waals surface area contributed by atoms with Crippen LogP contribution in [-0.2, 0) is 4.74 Å². The first-order valence-electron chi connectivity index (χ1n) is 10.0. The van der Waals surface area contributed by atoms with E-state index in [9.17, 15) is 4.79 Å². The second-order valence-electron chi connectivity index (χ2n) is 7.86. The van der Waals surface area contributed by atoms with Crippen LogP contribution in [-0.4, -0.2) is 92.8 Å². The Kier molecular flexibility index (Phi) is 8.95. The molecule has 2 aliphatic heterocycles. The molecule has 0 spiro atoms. The van der Waals surface area contributed by atoms with Crippen molar-refractivity contribution in [2.45, 2.75) is 19.9 Å². The van der Waals surface area contributed by atoms with E-state index in [1.165, 1.54) is 0 Å². The molecule has 2 fully saturated rings. The number of nitrogens with zero attached hydrogens (tertiary/aromatic N) is 4. The lowest BCUT2D eigenvalue weighted by Crippen LogP contribution is -2.51. The molecule has 1 unspecified atom stereocenters. The molecule has 1 aromatic rings. The standard InChI is InChI=1S/C20H33N5O2.ClH/c1-16(2)18(24-10-12-27-13-11-24)15-22-20(26)17-4-5-21-19(14-17)25-8-6-23(3)7-9-25;/h4-5,14,16,18H,6-13,15H2,1-3H3,(H,22,26);1H. The first-order chi connectivity index (χ1) is 13.0. The van der Waals surface area contributed by atoms with Gasteiger partial charge in [-0.05, 0) is 25.1 Å². The van der Waals surface area contributed by atoms with Gasteiger partial charge >= 0.3 is 0 Å². The van der Waals surface area contributed by atoms with Gasteiger partial charge in [-0.15, -0.1) is 12.4 Å². The molecule has 0 saturated carbocycles. The Bertz CT molecular complexity index is 616. The van der Waals surface area contributed by atoms with Gasteiger partial charge in [0.05, 0.1) is 13.2 Å². The lowest BCUT2D eigenvalue weighted by Gasteiger charge is -2.37. The molecule has 1 atom stereocenters. The highest BCUT2D eigenvalue weighted by molar-refractivity contribution is 5.94. The van der Waals surface area contributed by atoms with E-state index in [0.717, 1.165) is 58.3 Å². The SMILES string of the molecule is CC(C)C(CNC(=O)c1ccnc(N2CCN(C)CC2)c1)N1CCOCC1.Cl. The third kappa shape index (κ3) is 6.04. The summed E-state index contributed by atoms with van der Waals surface area (Å²) in [7, 11) is 2.13. The van der Waals surface area contributed by atoms with E-state index in [-0.39, 0.29) is 18.3 Å². The van der Waals surface area contributed by atoms with Crippen LogP contribution < -0.4 is 10.2 Å². The highest BCUT2D eigenvalue weighted by Crippen LogP contribution is 2.16. The van der Waals surface area contributed by atoms with Crippen LogP contribution in [0.25, 0.3) is 0 Å². The van der Waals surface area contributed by atoms with E-state index in [4.69, 9.17) is 4.74 Å². The zero-order chi connectivity index (χ0) is 19.2. The molecule has 0 aromatic carbocycles. The largest absolute Gasteiger partial charge is 0.379 e. The van der Waals surface area contributed by atoms with Crippen molar-refractivity contribution in [3.63, 3.8) is 0 Å². The van der Waals surface area contributed by atoms with Crippen molar-refractivity contribution in [1.29, 1.82) is 0 Å². The lowest BCUT2D eigenvalue weighted by molar-refractivity contribution is 0.00673. The molecule has 2 aliphatic rings. The molecule has 28 heavy (non-hydrogen) atoms. The molecule has 2 saturated heterocycles. The van der Waals surface area contributed by atoms with E-state index in [2.05, 4.69) is 45.9 Å². The number of piperazine rings is 1. The van der Waals surface area contributed by atoms with Gasteiger partial charge in [-0.25, -0.2) is 4.98 Å². The molecule has 3 heterocycles. The quantitative estimate of drug-likeness (QED) is 0.762. The van der Waals surface area contributed by atoms with E-state index >= 15 is 0 Å². The molecule has 0 radical (unpaired) electrons. The number of likely N-dealkylation sites (N-methyl/N-ethyl adjacent to an activating group) is 1. The van der Waals surface area contributed by atoms with Crippen LogP contribution in [0.4, 0.5) is 5.82 Å². The molecule has 1 N–H and O–H groups in total. The van der Waals surface area contributed by atoms with Gasteiger partial charge in [0.2, 0.25) is 0 Å². The fraction of sp³-hybridized carbons (Fsp3) is 0.700. The van der Waals surface area contributed by atoms with Crippen molar-refractivity contribution >= 4 is 24.1 Å². The average Bonchev–Trinajstić information content (AvgIpc) is 2.69. The van der Waals surface area contributed by atoms with Crippen LogP contribution in [0.5, 0.6) is 0 Å². The molecule has 158 valence electrons. The van der Waals surface area contributed by atoms with Gasteiger partial charge in [0.25, 0.3) is 5.91 Å². The second kappa shape index (κ2) is 11.0. The number of amides is 1. The third-order valence-corrected chi connectivity index (χ3v) is 5.59. The first kappa shape index (κ1) is 22.9. The molecule has 1 amide bonds. The molecule has 0 aliphatic carbocycles. The predicted octanol–water partition coefficient (Wildman–Crippen LogP) is 1.34. The van der Waals surface area contributed by atoms with E-state index in [0.29, 0.717) is 24.1 Å². The van der Waals surface area contributed by atoms with Gasteiger partial charge in [0.15, 0.2) is 0 Å². The molecule has 7 nitrogen and oxygen atoms in total. The summed E-state index contributed by atoms with van der Waals surface area (Å²) in [4.78, 5) is 24.2. The number of halogens is 1. The number of carbonyl (C=O) groups excluding carboxylic acids is 1. The Morgan fingerprint density at radius 1 is 1.18 bits per heavy atom. The van der Waals surface area contributed by atoms with Crippen LogP contribution in [0.3, 0.4) is 0 Å². The maximum Gasteiger partial charge on any atom is 0.251 e. The van der Waals surface area contributed by atoms with Crippen LogP contribution >= 0.6 is 12.4 Å². The van der Waals surface area contributed by atoms with Crippen LogP contribution in [0, 0.1) is 5.92 Å². The minimum atomic E-state index is -0.0216. The summed E-state index contributed by atoms with van der Waals surface area (Å²) in [5.74, 6) is 1.35. The summed E-state index contributed by atoms with van der Waals surface area (Å²) < 4.78 is 5.46. The lowest BCUT2D eigenvalue weighted by atomic mass is 10.0. The molecule has 8 heteroatoms. The number of anilines is 1. The number of carbonyl (C=O) groups is 1. The second-order valence-corrected chi connectivity index (χ2v) is 7.86. The Morgan fingerprint density at radius 3 is 2.50 bits per heavy atom. The fourth-order valence-electron chi connectivity index (χ4n) is 3.76. The topological polar surface area (TPSA) is 60.9 Å². The predicted molar refractivity (Wildman–Crippen MR) is 115 cm³/mol. The summed E-state index contributed by atoms with van der Waals surface area (Å²) in [6, 6.07) is 4.05. The highest BCUT2D eigenvalue weighted by atomic mass is 35.5. The number of aromatic nitrogens is 1. The van der Waals surface area contributed by atoms with Crippen molar-refractivity contribution in [2.75, 3.05) is 71.0 Å². The summed E-state index contributed by atoms with van der Waals surface area (Å²) >= 11 is 0. The summed E-state index contributed by atoms with van der Waals surface area (Å²) in [5.41, 5.74) is 0.684. The van der Waals surface area contributed by atoms with Crippen LogP contribution in [0.1, 0.15) is 24.2 Å². The summed E-state index contributed by atoms with van der Waals surface area (Å²) in [6.07, 6.45) is 1.74. The number of nitrogens with one attached hydrogen (secondary N) is 1. The van der Waals surface area contributed by atoms with Crippen molar-refractivity contribution in [3.8, 4) is 0 Å². The van der Waals surface area contributed by atoms with Crippen molar-refractivity contribution < 1.29 is 9.53 Å².